The van der Waals surface area contributed by atoms with Crippen LogP contribution in [0.2, 0.25) is 0 Å². The molecule has 0 rings (SSSR count). The van der Waals surface area contributed by atoms with Gasteiger partial charge in [-0.05, 0) is 25.2 Å². The van der Waals surface area contributed by atoms with Gasteiger partial charge >= 0.3 is 5.97 Å². The van der Waals surface area contributed by atoms with Crippen LogP contribution < -0.4 is 0 Å². The van der Waals surface area contributed by atoms with Crippen molar-refractivity contribution < 1.29 is 19.7 Å². The Morgan fingerprint density at radius 1 is 0.710 bits per heavy atom. The smallest absolute Gasteiger partial charge is 0.306 e. The maximum atomic E-state index is 12.5. The zero-order valence-electron chi connectivity index (χ0n) is 21.1. The van der Waals surface area contributed by atoms with E-state index in [-0.39, 0.29) is 25.8 Å². The Kier molecular flexibility index (Phi) is 20.8. The van der Waals surface area contributed by atoms with Crippen LogP contribution in [0.3, 0.4) is 0 Å². The first-order valence-electron chi connectivity index (χ1n) is 13.4. The first-order valence-corrected chi connectivity index (χ1v) is 13.4. The number of esters is 1. The zero-order valence-corrected chi connectivity index (χ0v) is 21.1. The molecule has 0 bridgehead atoms. The van der Waals surface area contributed by atoms with Gasteiger partial charge in [0.2, 0.25) is 0 Å². The number of carbonyl (C=O) groups excluding carboxylic acids is 1. The molecule has 1 atom stereocenters. The molecule has 0 heterocycles. The first-order chi connectivity index (χ1) is 15.1. The van der Waals surface area contributed by atoms with Gasteiger partial charge in [-0.2, -0.15) is 0 Å². The van der Waals surface area contributed by atoms with Crippen molar-refractivity contribution in [2.75, 3.05) is 19.8 Å². The highest BCUT2D eigenvalue weighted by atomic mass is 16.5. The molecule has 0 aliphatic heterocycles. The molecule has 0 aliphatic rings. The monoisotopic (exact) mass is 442 g/mol. The Balaban J connectivity index is 4.33. The van der Waals surface area contributed by atoms with E-state index in [0.717, 1.165) is 12.8 Å². The molecule has 0 aromatic rings. The highest BCUT2D eigenvalue weighted by Crippen LogP contribution is 2.25. The molecule has 0 radical (unpaired) electrons. The van der Waals surface area contributed by atoms with Crippen molar-refractivity contribution in [2.45, 2.75) is 136 Å². The van der Waals surface area contributed by atoms with Crippen molar-refractivity contribution in [1.82, 2.24) is 0 Å². The lowest BCUT2D eigenvalue weighted by molar-refractivity contribution is -0.151. The lowest BCUT2D eigenvalue weighted by atomic mass is 9.88. The fraction of sp³-hybridized carbons (Fsp3) is 0.963. The Labute approximate surface area is 193 Å². The molecule has 186 valence electrons. The molecule has 31 heavy (non-hydrogen) atoms. The number of ether oxygens (including phenoxy) is 1. The molecule has 0 saturated carbocycles. The van der Waals surface area contributed by atoms with E-state index in [1.165, 1.54) is 89.9 Å². The summed E-state index contributed by atoms with van der Waals surface area (Å²) in [5, 5.41) is 19.1. The number of aliphatic hydroxyl groups excluding tert-OH is 2. The van der Waals surface area contributed by atoms with Crippen molar-refractivity contribution in [1.29, 1.82) is 0 Å². The number of unbranched alkanes of at least 4 members (excludes halogenated alkanes) is 12. The third-order valence-electron chi connectivity index (χ3n) is 6.85. The van der Waals surface area contributed by atoms with Gasteiger partial charge < -0.3 is 14.9 Å². The summed E-state index contributed by atoms with van der Waals surface area (Å²) in [4.78, 5) is 12.5. The van der Waals surface area contributed by atoms with E-state index in [2.05, 4.69) is 13.8 Å². The molecule has 0 amide bonds. The molecule has 0 aromatic heterocycles. The van der Waals surface area contributed by atoms with Gasteiger partial charge in [-0.25, -0.2) is 0 Å². The van der Waals surface area contributed by atoms with Crippen LogP contribution in [-0.2, 0) is 9.53 Å². The predicted octanol–water partition coefficient (Wildman–Crippen LogP) is 7.20. The maximum absolute atomic E-state index is 12.5. The van der Waals surface area contributed by atoms with Gasteiger partial charge in [0.05, 0.1) is 18.6 Å². The van der Waals surface area contributed by atoms with Gasteiger partial charge in [0, 0.05) is 6.42 Å². The average Bonchev–Trinajstić information content (AvgIpc) is 2.79. The lowest BCUT2D eigenvalue weighted by Crippen LogP contribution is -2.35. The van der Waals surface area contributed by atoms with Crippen LogP contribution in [0.15, 0.2) is 0 Å². The van der Waals surface area contributed by atoms with Crippen molar-refractivity contribution in [3.63, 3.8) is 0 Å². The van der Waals surface area contributed by atoms with E-state index in [0.29, 0.717) is 18.8 Å². The number of rotatable bonds is 23. The number of aliphatic hydroxyl groups is 2. The summed E-state index contributed by atoms with van der Waals surface area (Å²) in [5.74, 6) is 0.230. The van der Waals surface area contributed by atoms with Crippen molar-refractivity contribution >= 4 is 5.97 Å². The van der Waals surface area contributed by atoms with E-state index >= 15 is 0 Å². The van der Waals surface area contributed by atoms with Gasteiger partial charge in [-0.1, -0.05) is 111 Å². The predicted molar refractivity (Wildman–Crippen MR) is 131 cm³/mol. The van der Waals surface area contributed by atoms with E-state index in [9.17, 15) is 15.0 Å². The lowest BCUT2D eigenvalue weighted by Gasteiger charge is -2.28. The topological polar surface area (TPSA) is 66.8 Å². The molecular formula is C27H54O4. The Morgan fingerprint density at radius 3 is 1.52 bits per heavy atom. The Morgan fingerprint density at radius 2 is 1.13 bits per heavy atom. The summed E-state index contributed by atoms with van der Waals surface area (Å²) in [6.45, 7) is 6.19. The fourth-order valence-electron chi connectivity index (χ4n) is 4.12. The van der Waals surface area contributed by atoms with Crippen molar-refractivity contribution in [2.24, 2.45) is 11.3 Å². The van der Waals surface area contributed by atoms with E-state index in [4.69, 9.17) is 4.74 Å². The first kappa shape index (κ1) is 30.4. The molecule has 0 aromatic carbocycles. The van der Waals surface area contributed by atoms with Crippen LogP contribution in [0.4, 0.5) is 0 Å². The standard InChI is InChI=1S/C27H54O4/c1-4-7-9-11-13-14-16-18-20-25(19-17-15-12-10-8-5-2)21-26(30)31-24-27(6-3,22-28)23-29/h25,28-29H,4-24H2,1-3H3. The molecule has 4 heteroatoms. The summed E-state index contributed by atoms with van der Waals surface area (Å²) < 4.78 is 5.49. The normalized spacial score (nSPS) is 12.8. The number of hydrogen-bond donors (Lipinski definition) is 2. The quantitative estimate of drug-likeness (QED) is 0.130. The molecule has 0 aliphatic carbocycles. The van der Waals surface area contributed by atoms with Crippen molar-refractivity contribution in [3.05, 3.63) is 0 Å². The molecule has 4 nitrogen and oxygen atoms in total. The van der Waals surface area contributed by atoms with Crippen LogP contribution in [0.1, 0.15) is 136 Å². The van der Waals surface area contributed by atoms with E-state index in [1.807, 2.05) is 6.92 Å². The minimum absolute atomic E-state index is 0.108. The number of hydrogen-bond acceptors (Lipinski definition) is 4. The number of carbonyl (C=O) groups is 1. The SMILES string of the molecule is CCCCCCCCCCC(CCCCCCCC)CC(=O)OCC(CC)(CO)CO. The van der Waals surface area contributed by atoms with Crippen molar-refractivity contribution in [3.8, 4) is 0 Å². The minimum atomic E-state index is -0.706. The van der Waals surface area contributed by atoms with Gasteiger partial charge in [-0.3, -0.25) is 4.79 Å². The summed E-state index contributed by atoms with van der Waals surface area (Å²) >= 11 is 0. The van der Waals surface area contributed by atoms with Gasteiger partial charge in [0.1, 0.15) is 6.61 Å². The van der Waals surface area contributed by atoms with Crippen LogP contribution in [0.5, 0.6) is 0 Å². The third-order valence-corrected chi connectivity index (χ3v) is 6.85. The van der Waals surface area contributed by atoms with Gasteiger partial charge in [0.15, 0.2) is 0 Å². The summed E-state index contributed by atoms with van der Waals surface area (Å²) in [6.07, 6.45) is 21.4. The molecule has 0 spiro atoms. The van der Waals surface area contributed by atoms with Gasteiger partial charge in [0.25, 0.3) is 0 Å². The fourth-order valence-corrected chi connectivity index (χ4v) is 4.12. The highest BCUT2D eigenvalue weighted by Gasteiger charge is 2.29. The van der Waals surface area contributed by atoms with Crippen LogP contribution in [-0.4, -0.2) is 36.0 Å². The molecule has 0 saturated heterocycles. The average molecular weight is 443 g/mol. The second-order valence-corrected chi connectivity index (χ2v) is 9.72. The third kappa shape index (κ3) is 16.7. The molecular weight excluding hydrogens is 388 g/mol. The second kappa shape index (κ2) is 21.2. The van der Waals surface area contributed by atoms with E-state index in [1.54, 1.807) is 0 Å². The summed E-state index contributed by atoms with van der Waals surface area (Å²) in [7, 11) is 0. The summed E-state index contributed by atoms with van der Waals surface area (Å²) in [5.41, 5.74) is -0.706. The maximum Gasteiger partial charge on any atom is 0.306 e. The van der Waals surface area contributed by atoms with Crippen LogP contribution in [0, 0.1) is 11.3 Å². The van der Waals surface area contributed by atoms with Crippen LogP contribution >= 0.6 is 0 Å². The van der Waals surface area contributed by atoms with Gasteiger partial charge in [-0.15, -0.1) is 0 Å². The molecule has 2 N–H and O–H groups in total. The molecule has 1 unspecified atom stereocenters. The highest BCUT2D eigenvalue weighted by molar-refractivity contribution is 5.69. The summed E-state index contributed by atoms with van der Waals surface area (Å²) in [6, 6.07) is 0. The van der Waals surface area contributed by atoms with E-state index < -0.39 is 5.41 Å². The zero-order chi connectivity index (χ0) is 23.2. The minimum Gasteiger partial charge on any atom is -0.465 e. The Hall–Kier alpha value is -0.610. The Bertz CT molecular complexity index is 384. The largest absolute Gasteiger partial charge is 0.465 e. The van der Waals surface area contributed by atoms with Crippen LogP contribution in [0.25, 0.3) is 0 Å². The second-order valence-electron chi connectivity index (χ2n) is 9.72. The molecule has 0 fully saturated rings.